The SMILES string of the molecule is COc1ccc2c(c1)C(=CC(=O)c1cccc(NS(=O)(=O)c3cccs3)c1)NC(C)(C)C2. The molecule has 166 valence electrons. The van der Waals surface area contributed by atoms with E-state index >= 15 is 0 Å². The number of sulfonamides is 1. The lowest BCUT2D eigenvalue weighted by molar-refractivity contribution is 0.104. The zero-order chi connectivity index (χ0) is 22.9. The van der Waals surface area contributed by atoms with Crippen molar-refractivity contribution in [3.8, 4) is 5.75 Å². The Kier molecular flexibility index (Phi) is 5.83. The smallest absolute Gasteiger partial charge is 0.271 e. The van der Waals surface area contributed by atoms with Gasteiger partial charge >= 0.3 is 0 Å². The molecule has 0 aliphatic carbocycles. The van der Waals surface area contributed by atoms with Crippen LogP contribution in [0.5, 0.6) is 5.75 Å². The highest BCUT2D eigenvalue weighted by molar-refractivity contribution is 7.94. The van der Waals surface area contributed by atoms with E-state index in [4.69, 9.17) is 4.74 Å². The third-order valence-electron chi connectivity index (χ3n) is 5.15. The molecule has 0 atom stereocenters. The van der Waals surface area contributed by atoms with E-state index in [1.165, 1.54) is 6.07 Å². The largest absolute Gasteiger partial charge is 0.497 e. The van der Waals surface area contributed by atoms with Gasteiger partial charge in [0.1, 0.15) is 9.96 Å². The number of hydrogen-bond acceptors (Lipinski definition) is 6. The Labute approximate surface area is 192 Å². The first kappa shape index (κ1) is 22.1. The van der Waals surface area contributed by atoms with Crippen molar-refractivity contribution in [1.29, 1.82) is 0 Å². The highest BCUT2D eigenvalue weighted by Gasteiger charge is 2.28. The van der Waals surface area contributed by atoms with Crippen molar-refractivity contribution in [2.24, 2.45) is 0 Å². The summed E-state index contributed by atoms with van der Waals surface area (Å²) in [4.78, 5) is 13.1. The van der Waals surface area contributed by atoms with Crippen molar-refractivity contribution in [1.82, 2.24) is 5.32 Å². The predicted octanol–water partition coefficient (Wildman–Crippen LogP) is 4.71. The summed E-state index contributed by atoms with van der Waals surface area (Å²) in [5.41, 5.74) is 3.27. The number of carbonyl (C=O) groups is 1. The lowest BCUT2D eigenvalue weighted by Gasteiger charge is -2.35. The van der Waals surface area contributed by atoms with E-state index in [0.717, 1.165) is 28.9 Å². The van der Waals surface area contributed by atoms with E-state index in [9.17, 15) is 13.2 Å². The van der Waals surface area contributed by atoms with Gasteiger partial charge in [-0.15, -0.1) is 11.3 Å². The number of thiophene rings is 1. The summed E-state index contributed by atoms with van der Waals surface area (Å²) in [6, 6.07) is 15.6. The van der Waals surface area contributed by atoms with Crippen molar-refractivity contribution in [3.05, 3.63) is 82.7 Å². The highest BCUT2D eigenvalue weighted by atomic mass is 32.2. The average Bonchev–Trinajstić information content (AvgIpc) is 3.29. The molecule has 0 saturated carbocycles. The molecule has 0 spiro atoms. The molecule has 0 fully saturated rings. The second-order valence-electron chi connectivity index (χ2n) is 8.25. The number of fused-ring (bicyclic) bond motifs is 1. The Balaban J connectivity index is 1.65. The number of anilines is 1. The van der Waals surface area contributed by atoms with Crippen LogP contribution in [0.4, 0.5) is 5.69 Å². The number of carbonyl (C=O) groups excluding carboxylic acids is 1. The third-order valence-corrected chi connectivity index (χ3v) is 7.93. The number of hydrogen-bond donors (Lipinski definition) is 2. The van der Waals surface area contributed by atoms with Crippen LogP contribution in [-0.2, 0) is 16.4 Å². The van der Waals surface area contributed by atoms with Gasteiger partial charge in [0, 0.05) is 34.1 Å². The number of allylic oxidation sites excluding steroid dienone is 1. The first-order valence-electron chi connectivity index (χ1n) is 10.0. The molecule has 0 radical (unpaired) electrons. The fourth-order valence-corrected chi connectivity index (χ4v) is 5.77. The molecular weight excluding hydrogens is 444 g/mol. The normalized spacial score (nSPS) is 16.2. The van der Waals surface area contributed by atoms with Crippen molar-refractivity contribution in [2.45, 2.75) is 30.0 Å². The van der Waals surface area contributed by atoms with Crippen molar-refractivity contribution >= 4 is 38.5 Å². The second-order valence-corrected chi connectivity index (χ2v) is 11.1. The number of rotatable bonds is 6. The number of ketones is 1. The minimum Gasteiger partial charge on any atom is -0.497 e. The number of benzene rings is 2. The van der Waals surface area contributed by atoms with Crippen LogP contribution < -0.4 is 14.8 Å². The highest BCUT2D eigenvalue weighted by Crippen LogP contribution is 2.32. The Morgan fingerprint density at radius 3 is 2.69 bits per heavy atom. The van der Waals surface area contributed by atoms with E-state index in [1.54, 1.807) is 48.9 Å². The van der Waals surface area contributed by atoms with Gasteiger partial charge in [-0.2, -0.15) is 0 Å². The van der Waals surface area contributed by atoms with Gasteiger partial charge in [-0.1, -0.05) is 24.3 Å². The topological polar surface area (TPSA) is 84.5 Å². The molecule has 3 aromatic rings. The summed E-state index contributed by atoms with van der Waals surface area (Å²) in [6.07, 6.45) is 2.38. The molecule has 0 amide bonds. The molecule has 2 aromatic carbocycles. The molecule has 0 saturated heterocycles. The lowest BCUT2D eigenvalue weighted by atomic mass is 9.85. The summed E-state index contributed by atoms with van der Waals surface area (Å²) >= 11 is 1.13. The average molecular weight is 469 g/mol. The summed E-state index contributed by atoms with van der Waals surface area (Å²) in [7, 11) is -2.08. The molecular formula is C24H24N2O4S2. The van der Waals surface area contributed by atoms with Crippen LogP contribution in [0.2, 0.25) is 0 Å². The van der Waals surface area contributed by atoms with E-state index in [2.05, 4.69) is 23.9 Å². The summed E-state index contributed by atoms with van der Waals surface area (Å²) < 4.78 is 33.1. The Hall–Kier alpha value is -3.10. The lowest BCUT2D eigenvalue weighted by Crippen LogP contribution is -2.43. The molecule has 1 aliphatic rings. The Morgan fingerprint density at radius 2 is 1.97 bits per heavy atom. The second kappa shape index (κ2) is 8.44. The Morgan fingerprint density at radius 1 is 1.16 bits per heavy atom. The maximum Gasteiger partial charge on any atom is 0.271 e. The van der Waals surface area contributed by atoms with E-state index < -0.39 is 10.0 Å². The molecule has 32 heavy (non-hydrogen) atoms. The standard InChI is InChI=1S/C24H24N2O4S2/c1-24(2)15-17-9-10-19(30-3)13-20(17)21(25-24)14-22(27)16-6-4-7-18(12-16)26-32(28,29)23-8-5-11-31-23/h4-14,25-26H,15H2,1-3H3. The molecule has 0 bridgehead atoms. The fourth-order valence-electron chi connectivity index (χ4n) is 3.73. The Bertz CT molecular complexity index is 1290. The van der Waals surface area contributed by atoms with Crippen LogP contribution in [0.25, 0.3) is 5.70 Å². The molecule has 2 N–H and O–H groups in total. The molecule has 4 rings (SSSR count). The van der Waals surface area contributed by atoms with Crippen LogP contribution in [0.3, 0.4) is 0 Å². The summed E-state index contributed by atoms with van der Waals surface area (Å²) in [5, 5.41) is 5.15. The molecule has 0 unspecified atom stereocenters. The van der Waals surface area contributed by atoms with Crippen LogP contribution >= 0.6 is 11.3 Å². The maximum atomic E-state index is 13.1. The van der Waals surface area contributed by atoms with E-state index in [-0.39, 0.29) is 15.5 Å². The van der Waals surface area contributed by atoms with Gasteiger partial charge in [0.25, 0.3) is 10.0 Å². The first-order valence-corrected chi connectivity index (χ1v) is 12.4. The summed E-state index contributed by atoms with van der Waals surface area (Å²) in [5.74, 6) is 0.490. The molecule has 2 heterocycles. The van der Waals surface area contributed by atoms with Gasteiger partial charge in [0.15, 0.2) is 5.78 Å². The number of methoxy groups -OCH3 is 1. The van der Waals surface area contributed by atoms with Gasteiger partial charge in [-0.25, -0.2) is 8.42 Å². The van der Waals surface area contributed by atoms with Crippen LogP contribution in [0.1, 0.15) is 35.3 Å². The van der Waals surface area contributed by atoms with Gasteiger partial charge in [-0.05, 0) is 61.5 Å². The van der Waals surface area contributed by atoms with Crippen molar-refractivity contribution in [3.63, 3.8) is 0 Å². The number of nitrogens with one attached hydrogen (secondary N) is 2. The number of ether oxygens (including phenoxy) is 1. The van der Waals surface area contributed by atoms with Crippen LogP contribution in [0.15, 0.2) is 70.3 Å². The zero-order valence-corrected chi connectivity index (χ0v) is 19.6. The monoisotopic (exact) mass is 468 g/mol. The predicted molar refractivity (Wildman–Crippen MR) is 128 cm³/mol. The summed E-state index contributed by atoms with van der Waals surface area (Å²) in [6.45, 7) is 4.16. The van der Waals surface area contributed by atoms with Gasteiger partial charge < -0.3 is 10.1 Å². The van der Waals surface area contributed by atoms with E-state index in [1.807, 2.05) is 18.2 Å². The van der Waals surface area contributed by atoms with Gasteiger partial charge in [0.2, 0.25) is 0 Å². The quantitative estimate of drug-likeness (QED) is 0.404. The van der Waals surface area contributed by atoms with Crippen molar-refractivity contribution in [2.75, 3.05) is 11.8 Å². The molecule has 1 aromatic heterocycles. The molecule has 8 heteroatoms. The van der Waals surface area contributed by atoms with Gasteiger partial charge in [0.05, 0.1) is 7.11 Å². The molecule has 1 aliphatic heterocycles. The minimum absolute atomic E-state index is 0.216. The van der Waals surface area contributed by atoms with E-state index in [0.29, 0.717) is 22.7 Å². The first-order chi connectivity index (χ1) is 15.2. The fraction of sp³-hybridized carbons (Fsp3) is 0.208. The van der Waals surface area contributed by atoms with Crippen molar-refractivity contribution < 1.29 is 17.9 Å². The maximum absolute atomic E-state index is 13.1. The third kappa shape index (κ3) is 4.71. The minimum atomic E-state index is -3.69. The van der Waals surface area contributed by atoms with Crippen LogP contribution in [-0.4, -0.2) is 26.8 Å². The zero-order valence-electron chi connectivity index (χ0n) is 18.0. The molecule has 6 nitrogen and oxygen atoms in total. The van der Waals surface area contributed by atoms with Crippen LogP contribution in [0, 0.1) is 0 Å². The van der Waals surface area contributed by atoms with Gasteiger partial charge in [-0.3, -0.25) is 9.52 Å².